The van der Waals surface area contributed by atoms with Crippen LogP contribution in [0.15, 0.2) is 47.5 Å². The van der Waals surface area contributed by atoms with Crippen molar-refractivity contribution in [2.45, 2.75) is 37.8 Å². The first kappa shape index (κ1) is 20.2. The van der Waals surface area contributed by atoms with Gasteiger partial charge < -0.3 is 24.1 Å². The van der Waals surface area contributed by atoms with Gasteiger partial charge in [0, 0.05) is 49.3 Å². The third-order valence-corrected chi connectivity index (χ3v) is 6.40. The van der Waals surface area contributed by atoms with Crippen LogP contribution in [0.25, 0.3) is 22.1 Å². The Morgan fingerprint density at radius 2 is 1.82 bits per heavy atom. The van der Waals surface area contributed by atoms with E-state index in [0.29, 0.717) is 17.6 Å². The van der Waals surface area contributed by atoms with E-state index in [0.717, 1.165) is 80.0 Å². The zero-order valence-corrected chi connectivity index (χ0v) is 18.3. The van der Waals surface area contributed by atoms with E-state index in [-0.39, 0.29) is 6.10 Å². The first-order valence-electron chi connectivity index (χ1n) is 11.5. The van der Waals surface area contributed by atoms with Gasteiger partial charge in [-0.2, -0.15) is 0 Å². The first-order chi connectivity index (χ1) is 16.3. The lowest BCUT2D eigenvalue weighted by molar-refractivity contribution is 0.122. The summed E-state index contributed by atoms with van der Waals surface area (Å²) in [6.45, 7) is 3.22. The summed E-state index contributed by atoms with van der Waals surface area (Å²) in [6, 6.07) is 6.38. The zero-order valence-electron chi connectivity index (χ0n) is 18.3. The molecule has 0 radical (unpaired) electrons. The molecule has 1 saturated carbocycles. The van der Waals surface area contributed by atoms with Crippen LogP contribution in [0.4, 0.5) is 11.6 Å². The highest BCUT2D eigenvalue weighted by Gasteiger charge is 2.25. The summed E-state index contributed by atoms with van der Waals surface area (Å²) in [4.78, 5) is 20.3. The van der Waals surface area contributed by atoms with Gasteiger partial charge in [0.15, 0.2) is 5.58 Å². The van der Waals surface area contributed by atoms with Crippen LogP contribution in [0.3, 0.4) is 0 Å². The fourth-order valence-corrected chi connectivity index (χ4v) is 4.65. The maximum absolute atomic E-state index is 6.51. The van der Waals surface area contributed by atoms with Crippen molar-refractivity contribution in [3.05, 3.63) is 43.1 Å². The molecule has 0 spiro atoms. The summed E-state index contributed by atoms with van der Waals surface area (Å²) in [5, 5.41) is 3.47. The van der Waals surface area contributed by atoms with Gasteiger partial charge in [-0.1, -0.05) is 0 Å². The largest absolute Gasteiger partial charge is 0.488 e. The molecule has 0 amide bonds. The Bertz CT molecular complexity index is 1250. The van der Waals surface area contributed by atoms with Crippen molar-refractivity contribution in [2.75, 3.05) is 36.5 Å². The van der Waals surface area contributed by atoms with Crippen LogP contribution in [0.2, 0.25) is 0 Å². The Labute approximate surface area is 191 Å². The topological polar surface area (TPSA) is 98.4 Å². The van der Waals surface area contributed by atoms with E-state index >= 15 is 0 Å². The van der Waals surface area contributed by atoms with Gasteiger partial charge in [-0.15, -0.1) is 0 Å². The van der Waals surface area contributed by atoms with Crippen LogP contribution in [0, 0.1) is 0 Å². The number of furan rings is 1. The molecule has 1 aliphatic heterocycles. The summed E-state index contributed by atoms with van der Waals surface area (Å²) in [5.41, 5.74) is 4.31. The second-order valence-electron chi connectivity index (χ2n) is 8.57. The Morgan fingerprint density at radius 3 is 2.70 bits per heavy atom. The maximum atomic E-state index is 6.51. The number of ether oxygens (including phenoxy) is 2. The summed E-state index contributed by atoms with van der Waals surface area (Å²) in [7, 11) is 0. The van der Waals surface area contributed by atoms with Crippen molar-refractivity contribution in [2.24, 2.45) is 0 Å². The molecule has 1 aromatic carbocycles. The third kappa shape index (κ3) is 4.28. The number of fused-ring (bicyclic) bond motifs is 2. The molecule has 1 aliphatic carbocycles. The highest BCUT2D eigenvalue weighted by Crippen LogP contribution is 2.33. The summed E-state index contributed by atoms with van der Waals surface area (Å²) in [6.07, 6.45) is 10.8. The molecule has 4 heterocycles. The molecular formula is C24H26N6O3. The molecule has 0 unspecified atom stereocenters. The lowest BCUT2D eigenvalue weighted by atomic mass is 9.93. The fourth-order valence-electron chi connectivity index (χ4n) is 4.65. The van der Waals surface area contributed by atoms with E-state index < -0.39 is 0 Å². The standard InChI is InChI=1S/C24H26N6O3/c1-3-18(4-2-16(1)28-24-27-15-22-19(29-24)5-10-32-22)33-21-14-17(30-8-11-31-12-9-30)13-20-23(21)26-7-6-25-20/h5-7,10,13-16,18H,1-4,8-9,11-12H2,(H,27,28,29)/t16-,18+. The van der Waals surface area contributed by atoms with Crippen LogP contribution in [-0.2, 0) is 4.74 Å². The molecule has 2 aliphatic rings. The molecule has 2 fully saturated rings. The smallest absolute Gasteiger partial charge is 0.223 e. The lowest BCUT2D eigenvalue weighted by Gasteiger charge is -2.31. The van der Waals surface area contributed by atoms with Crippen LogP contribution in [0.1, 0.15) is 25.7 Å². The molecule has 1 N–H and O–H groups in total. The highest BCUT2D eigenvalue weighted by molar-refractivity contribution is 5.85. The number of hydrogen-bond donors (Lipinski definition) is 1. The molecule has 3 aromatic heterocycles. The van der Waals surface area contributed by atoms with E-state index in [1.54, 1.807) is 24.9 Å². The number of aromatic nitrogens is 4. The minimum absolute atomic E-state index is 0.144. The monoisotopic (exact) mass is 446 g/mol. The van der Waals surface area contributed by atoms with Gasteiger partial charge in [-0.3, -0.25) is 4.98 Å². The van der Waals surface area contributed by atoms with Crippen LogP contribution in [0.5, 0.6) is 5.75 Å². The van der Waals surface area contributed by atoms with Crippen LogP contribution < -0.4 is 15.0 Å². The first-order valence-corrected chi connectivity index (χ1v) is 11.5. The predicted octanol–water partition coefficient (Wildman–Crippen LogP) is 3.80. The second kappa shape index (κ2) is 8.82. The van der Waals surface area contributed by atoms with E-state index in [1.807, 2.05) is 6.07 Å². The molecular weight excluding hydrogens is 420 g/mol. The number of hydrogen-bond acceptors (Lipinski definition) is 9. The molecule has 0 atom stereocenters. The van der Waals surface area contributed by atoms with Gasteiger partial charge in [-0.25, -0.2) is 15.0 Å². The SMILES string of the molecule is c1cnc2c(O[C@H]3CC[C@@H](Nc4ncc5occc5n4)CC3)cc(N3CCOCC3)cc2n1. The Morgan fingerprint density at radius 1 is 0.970 bits per heavy atom. The lowest BCUT2D eigenvalue weighted by Crippen LogP contribution is -2.36. The molecule has 4 aromatic rings. The summed E-state index contributed by atoms with van der Waals surface area (Å²) < 4.78 is 17.3. The van der Waals surface area contributed by atoms with Crippen molar-refractivity contribution in [3.63, 3.8) is 0 Å². The molecule has 33 heavy (non-hydrogen) atoms. The average Bonchev–Trinajstić information content (AvgIpc) is 3.34. The molecule has 1 saturated heterocycles. The van der Waals surface area contributed by atoms with Gasteiger partial charge in [-0.05, 0) is 31.7 Å². The van der Waals surface area contributed by atoms with E-state index in [2.05, 4.69) is 42.3 Å². The number of nitrogens with one attached hydrogen (secondary N) is 1. The van der Waals surface area contributed by atoms with Crippen LogP contribution >= 0.6 is 0 Å². The Kier molecular flexibility index (Phi) is 5.39. The number of rotatable bonds is 5. The average molecular weight is 447 g/mol. The van der Waals surface area contributed by atoms with Crippen molar-refractivity contribution in [1.29, 1.82) is 0 Å². The van der Waals surface area contributed by atoms with E-state index in [1.165, 1.54) is 0 Å². The van der Waals surface area contributed by atoms with Gasteiger partial charge in [0.2, 0.25) is 5.95 Å². The predicted molar refractivity (Wildman–Crippen MR) is 125 cm³/mol. The van der Waals surface area contributed by atoms with Crippen molar-refractivity contribution < 1.29 is 13.9 Å². The zero-order chi connectivity index (χ0) is 22.0. The molecule has 6 rings (SSSR count). The Hall–Kier alpha value is -3.46. The van der Waals surface area contributed by atoms with Gasteiger partial charge in [0.1, 0.15) is 16.8 Å². The highest BCUT2D eigenvalue weighted by atomic mass is 16.5. The summed E-state index contributed by atoms with van der Waals surface area (Å²) >= 11 is 0. The quantitative estimate of drug-likeness (QED) is 0.491. The number of anilines is 2. The maximum Gasteiger partial charge on any atom is 0.223 e. The fraction of sp³-hybridized carbons (Fsp3) is 0.417. The van der Waals surface area contributed by atoms with E-state index in [9.17, 15) is 0 Å². The van der Waals surface area contributed by atoms with Gasteiger partial charge in [0.25, 0.3) is 0 Å². The van der Waals surface area contributed by atoms with Crippen molar-refractivity contribution >= 4 is 33.8 Å². The van der Waals surface area contributed by atoms with Gasteiger partial charge >= 0.3 is 0 Å². The Balaban J connectivity index is 1.14. The molecule has 170 valence electrons. The minimum Gasteiger partial charge on any atom is -0.488 e. The number of nitrogens with zero attached hydrogens (tertiary/aromatic N) is 5. The molecule has 0 bridgehead atoms. The van der Waals surface area contributed by atoms with Gasteiger partial charge in [0.05, 0.1) is 37.3 Å². The minimum atomic E-state index is 0.144. The normalized spacial score (nSPS) is 21.4. The third-order valence-electron chi connectivity index (χ3n) is 6.40. The second-order valence-corrected chi connectivity index (χ2v) is 8.57. The number of morpholine rings is 1. The van der Waals surface area contributed by atoms with Crippen molar-refractivity contribution in [1.82, 2.24) is 19.9 Å². The molecule has 9 heteroatoms. The molecule has 9 nitrogen and oxygen atoms in total. The van der Waals surface area contributed by atoms with E-state index in [4.69, 9.17) is 13.9 Å². The van der Waals surface area contributed by atoms with Crippen LogP contribution in [-0.4, -0.2) is 58.4 Å². The summed E-state index contributed by atoms with van der Waals surface area (Å²) in [5.74, 6) is 1.46. The van der Waals surface area contributed by atoms with Crippen molar-refractivity contribution in [3.8, 4) is 5.75 Å². The number of benzene rings is 1.